The maximum absolute atomic E-state index is 6.76. The van der Waals surface area contributed by atoms with Crippen molar-refractivity contribution >= 4 is 113 Å². The Labute approximate surface area is 260 Å². The fraction of sp³-hybridized carbons (Fsp3) is 0. The van der Waals surface area contributed by atoms with Gasteiger partial charge in [-0.3, -0.25) is 0 Å². The molecule has 44 heavy (non-hydrogen) atoms. The summed E-state index contributed by atoms with van der Waals surface area (Å²) < 4.78 is 12.0. The van der Waals surface area contributed by atoms with Crippen molar-refractivity contribution in [1.29, 1.82) is 0 Å². The monoisotopic (exact) mass is 597 g/mol. The number of anilines is 3. The molecular weight excluding hydrogens is 575 g/mol. The molecule has 0 bridgehead atoms. The number of para-hydroxylation sites is 1. The third-order valence-corrected chi connectivity index (χ3v) is 11.1. The SMILES string of the molecule is c1ccc2cc3c(cc2c1)oc1c(N(c2ccc4sc5ccccc5c4c2)c2ccc4sc5ccccc5c4c2)cccc13. The Balaban J connectivity index is 1.28. The summed E-state index contributed by atoms with van der Waals surface area (Å²) in [6.45, 7) is 0. The standard InChI is InChI=1S/C40H23NOS2/c1-2-9-25-21-35-31(20-24(25)8-1)30-12-7-13-34(40(30)42-35)41(26-16-18-38-32(22-26)28-10-3-5-14-36(28)43-38)27-17-19-39-33(23-27)29-11-4-6-15-37(29)44-39/h1-23H. The molecule has 10 rings (SSSR count). The lowest BCUT2D eigenvalue weighted by atomic mass is 10.0. The summed E-state index contributed by atoms with van der Waals surface area (Å²) in [7, 11) is 0. The van der Waals surface area contributed by atoms with Gasteiger partial charge < -0.3 is 9.32 Å². The Morgan fingerprint density at radius 3 is 1.61 bits per heavy atom. The second kappa shape index (κ2) is 9.17. The van der Waals surface area contributed by atoms with Gasteiger partial charge in [0, 0.05) is 62.5 Å². The molecule has 0 spiro atoms. The summed E-state index contributed by atoms with van der Waals surface area (Å²) in [5, 5.41) is 9.80. The Morgan fingerprint density at radius 1 is 0.409 bits per heavy atom. The van der Waals surface area contributed by atoms with Crippen molar-refractivity contribution in [3.63, 3.8) is 0 Å². The fourth-order valence-electron chi connectivity index (χ4n) is 6.78. The van der Waals surface area contributed by atoms with Gasteiger partial charge in [-0.25, -0.2) is 0 Å². The van der Waals surface area contributed by atoms with Gasteiger partial charge >= 0.3 is 0 Å². The van der Waals surface area contributed by atoms with Crippen molar-refractivity contribution in [2.45, 2.75) is 0 Å². The van der Waals surface area contributed by atoms with Gasteiger partial charge in [-0.15, -0.1) is 22.7 Å². The van der Waals surface area contributed by atoms with Gasteiger partial charge in [0.05, 0.1) is 5.69 Å². The van der Waals surface area contributed by atoms with Gasteiger partial charge in [0.2, 0.25) is 0 Å². The summed E-state index contributed by atoms with van der Waals surface area (Å²) in [6.07, 6.45) is 0. The molecule has 10 aromatic rings. The van der Waals surface area contributed by atoms with Gasteiger partial charge in [-0.05, 0) is 77.5 Å². The predicted molar refractivity (Wildman–Crippen MR) is 192 cm³/mol. The van der Waals surface area contributed by atoms with E-state index in [0.29, 0.717) is 0 Å². The number of hydrogen-bond acceptors (Lipinski definition) is 4. The lowest BCUT2D eigenvalue weighted by Crippen LogP contribution is -2.10. The van der Waals surface area contributed by atoms with E-state index in [4.69, 9.17) is 4.42 Å². The molecule has 0 aliphatic heterocycles. The van der Waals surface area contributed by atoms with Gasteiger partial charge in [0.1, 0.15) is 5.58 Å². The number of benzene rings is 7. The minimum atomic E-state index is 0.892. The smallest absolute Gasteiger partial charge is 0.159 e. The fourth-order valence-corrected chi connectivity index (χ4v) is 8.95. The van der Waals surface area contributed by atoms with E-state index < -0.39 is 0 Å². The van der Waals surface area contributed by atoms with Gasteiger partial charge in [-0.2, -0.15) is 0 Å². The summed E-state index contributed by atoms with van der Waals surface area (Å²) in [5.74, 6) is 0. The predicted octanol–water partition coefficient (Wildman–Crippen LogP) is 12.9. The number of nitrogens with zero attached hydrogens (tertiary/aromatic N) is 1. The number of thiophene rings is 2. The number of furan rings is 1. The van der Waals surface area contributed by atoms with Crippen molar-refractivity contribution in [3.05, 3.63) is 140 Å². The Bertz CT molecular complexity index is 2630. The Morgan fingerprint density at radius 2 is 0.955 bits per heavy atom. The zero-order valence-corrected chi connectivity index (χ0v) is 25.1. The van der Waals surface area contributed by atoms with Crippen molar-refractivity contribution < 1.29 is 4.42 Å². The summed E-state index contributed by atoms with van der Waals surface area (Å²) >= 11 is 3.70. The molecule has 0 aliphatic carbocycles. The molecule has 0 unspecified atom stereocenters. The zero-order valence-electron chi connectivity index (χ0n) is 23.5. The van der Waals surface area contributed by atoms with Crippen LogP contribution in [-0.2, 0) is 0 Å². The zero-order chi connectivity index (χ0) is 28.8. The highest BCUT2D eigenvalue weighted by atomic mass is 32.1. The molecule has 0 radical (unpaired) electrons. The first-order valence-electron chi connectivity index (χ1n) is 14.8. The minimum absolute atomic E-state index is 0.892. The maximum atomic E-state index is 6.76. The second-order valence-electron chi connectivity index (χ2n) is 11.3. The topological polar surface area (TPSA) is 16.4 Å². The van der Waals surface area contributed by atoms with E-state index in [1.165, 1.54) is 51.1 Å². The van der Waals surface area contributed by atoms with Crippen molar-refractivity contribution in [2.75, 3.05) is 4.90 Å². The number of hydrogen-bond donors (Lipinski definition) is 0. The van der Waals surface area contributed by atoms with Crippen LogP contribution >= 0.6 is 22.7 Å². The van der Waals surface area contributed by atoms with E-state index in [-0.39, 0.29) is 0 Å². The molecule has 0 N–H and O–H groups in total. The normalized spacial score (nSPS) is 12.1. The summed E-state index contributed by atoms with van der Waals surface area (Å²) in [5.41, 5.74) is 5.05. The van der Waals surface area contributed by atoms with E-state index in [2.05, 4.69) is 144 Å². The average molecular weight is 598 g/mol. The van der Waals surface area contributed by atoms with Crippen LogP contribution in [0.2, 0.25) is 0 Å². The molecule has 0 amide bonds. The molecule has 7 aromatic carbocycles. The Kier molecular flexibility index (Phi) is 5.06. The van der Waals surface area contributed by atoms with Gasteiger partial charge in [0.15, 0.2) is 5.58 Å². The first kappa shape index (κ1) is 24.3. The van der Waals surface area contributed by atoms with E-state index >= 15 is 0 Å². The van der Waals surface area contributed by atoms with E-state index in [9.17, 15) is 0 Å². The molecule has 206 valence electrons. The molecule has 0 saturated carbocycles. The minimum Gasteiger partial charge on any atom is -0.454 e. The lowest BCUT2D eigenvalue weighted by molar-refractivity contribution is 0.669. The molecule has 2 nitrogen and oxygen atoms in total. The van der Waals surface area contributed by atoms with Crippen LogP contribution in [0, 0.1) is 0 Å². The highest BCUT2D eigenvalue weighted by Crippen LogP contribution is 2.46. The van der Waals surface area contributed by atoms with Crippen molar-refractivity contribution in [2.24, 2.45) is 0 Å². The first-order valence-corrected chi connectivity index (χ1v) is 16.4. The lowest BCUT2D eigenvalue weighted by Gasteiger charge is -2.26. The van der Waals surface area contributed by atoms with E-state index in [1.807, 2.05) is 22.7 Å². The molecule has 4 heteroatoms. The van der Waals surface area contributed by atoms with E-state index in [0.717, 1.165) is 39.0 Å². The van der Waals surface area contributed by atoms with Crippen LogP contribution in [0.4, 0.5) is 17.1 Å². The van der Waals surface area contributed by atoms with Crippen LogP contribution in [0.15, 0.2) is 144 Å². The van der Waals surface area contributed by atoms with Gasteiger partial charge in [0.25, 0.3) is 0 Å². The molecular formula is C40H23NOS2. The number of fused-ring (bicyclic) bond motifs is 10. The molecule has 0 aliphatic rings. The highest BCUT2D eigenvalue weighted by molar-refractivity contribution is 7.26. The molecule has 0 fully saturated rings. The molecule has 3 aromatic heterocycles. The average Bonchev–Trinajstić information content (AvgIpc) is 3.75. The van der Waals surface area contributed by atoms with Gasteiger partial charge in [-0.1, -0.05) is 72.8 Å². The maximum Gasteiger partial charge on any atom is 0.159 e. The van der Waals surface area contributed by atoms with E-state index in [1.54, 1.807) is 0 Å². The highest BCUT2D eigenvalue weighted by Gasteiger charge is 2.21. The first-order chi connectivity index (χ1) is 21.8. The third-order valence-electron chi connectivity index (χ3n) is 8.82. The molecule has 3 heterocycles. The van der Waals surface area contributed by atoms with Crippen LogP contribution in [0.1, 0.15) is 0 Å². The quantitative estimate of drug-likeness (QED) is 0.201. The molecule has 0 atom stereocenters. The van der Waals surface area contributed by atoms with Crippen LogP contribution in [0.3, 0.4) is 0 Å². The van der Waals surface area contributed by atoms with Crippen molar-refractivity contribution in [1.82, 2.24) is 0 Å². The Hall–Kier alpha value is -5.16. The second-order valence-corrected chi connectivity index (χ2v) is 13.5. The largest absolute Gasteiger partial charge is 0.454 e. The summed E-state index contributed by atoms with van der Waals surface area (Å²) in [6, 6.07) is 50.6. The van der Waals surface area contributed by atoms with Crippen LogP contribution < -0.4 is 4.90 Å². The molecule has 0 saturated heterocycles. The number of rotatable bonds is 3. The summed E-state index contributed by atoms with van der Waals surface area (Å²) in [4.78, 5) is 2.38. The van der Waals surface area contributed by atoms with Crippen LogP contribution in [-0.4, -0.2) is 0 Å². The van der Waals surface area contributed by atoms with Crippen LogP contribution in [0.25, 0.3) is 73.1 Å². The van der Waals surface area contributed by atoms with Crippen molar-refractivity contribution in [3.8, 4) is 0 Å². The third kappa shape index (κ3) is 3.53. The van der Waals surface area contributed by atoms with Crippen LogP contribution in [0.5, 0.6) is 0 Å².